The highest BCUT2D eigenvalue weighted by Gasteiger charge is 2.37. The van der Waals surface area contributed by atoms with Crippen LogP contribution >= 0.6 is 0 Å². The van der Waals surface area contributed by atoms with E-state index in [1.807, 2.05) is 7.11 Å². The van der Waals surface area contributed by atoms with E-state index in [0.717, 1.165) is 17.7 Å². The Balaban J connectivity index is 1.96. The zero-order valence-electron chi connectivity index (χ0n) is 14.5. The molecule has 22 heavy (non-hydrogen) atoms. The molecule has 0 N–H and O–H groups in total. The Bertz CT molecular complexity index is 505. The minimum Gasteiger partial charge on any atom is -0.496 e. The first-order chi connectivity index (χ1) is 10.8. The van der Waals surface area contributed by atoms with Gasteiger partial charge in [-0.2, -0.15) is 0 Å². The van der Waals surface area contributed by atoms with Crippen LogP contribution in [-0.2, 0) is 12.8 Å². The number of methoxy groups -OCH3 is 1. The van der Waals surface area contributed by atoms with Crippen molar-refractivity contribution in [2.24, 2.45) is 0 Å². The summed E-state index contributed by atoms with van der Waals surface area (Å²) in [6, 6.07) is 5.28. The Morgan fingerprint density at radius 1 is 1.09 bits per heavy atom. The molecule has 0 saturated heterocycles. The van der Waals surface area contributed by atoms with Crippen LogP contribution in [-0.4, -0.2) is 31.1 Å². The molecule has 0 aliphatic heterocycles. The van der Waals surface area contributed by atoms with E-state index in [0.29, 0.717) is 0 Å². The van der Waals surface area contributed by atoms with Gasteiger partial charge in [0.2, 0.25) is 0 Å². The molecule has 1 aromatic rings. The van der Waals surface area contributed by atoms with Crippen molar-refractivity contribution in [3.63, 3.8) is 0 Å². The molecular formula is C20H31NO. The van der Waals surface area contributed by atoms with Crippen molar-refractivity contribution in [2.45, 2.75) is 70.8 Å². The molecule has 0 radical (unpaired) electrons. The van der Waals surface area contributed by atoms with Crippen LogP contribution in [0.3, 0.4) is 0 Å². The summed E-state index contributed by atoms with van der Waals surface area (Å²) in [4.78, 5) is 2.78. The van der Waals surface area contributed by atoms with Gasteiger partial charge in [0, 0.05) is 12.0 Å². The zero-order valence-corrected chi connectivity index (χ0v) is 14.5. The van der Waals surface area contributed by atoms with Crippen LogP contribution in [0.25, 0.3) is 0 Å². The lowest BCUT2D eigenvalue weighted by atomic mass is 9.70. The van der Waals surface area contributed by atoms with Gasteiger partial charge in [-0.1, -0.05) is 19.9 Å². The maximum atomic E-state index is 5.66. The number of ether oxygens (including phenoxy) is 1. The van der Waals surface area contributed by atoms with Gasteiger partial charge < -0.3 is 4.74 Å². The molecule has 2 atom stereocenters. The van der Waals surface area contributed by atoms with E-state index in [2.05, 4.69) is 30.9 Å². The van der Waals surface area contributed by atoms with E-state index in [4.69, 9.17) is 4.74 Å². The molecule has 2 unspecified atom stereocenters. The Labute approximate surface area is 135 Å². The molecule has 0 fully saturated rings. The van der Waals surface area contributed by atoms with Crippen molar-refractivity contribution in [3.8, 4) is 5.75 Å². The number of rotatable bonds is 6. The fraction of sp³-hybridized carbons (Fsp3) is 0.700. The van der Waals surface area contributed by atoms with Gasteiger partial charge in [0.15, 0.2) is 0 Å². The Kier molecular flexibility index (Phi) is 5.07. The van der Waals surface area contributed by atoms with E-state index in [1.54, 1.807) is 11.1 Å². The van der Waals surface area contributed by atoms with Gasteiger partial charge in [-0.05, 0) is 80.8 Å². The monoisotopic (exact) mass is 301 g/mol. The maximum absolute atomic E-state index is 5.66. The standard InChI is InChI=1S/C20H31NO/c1-4-13-21(14-5-2)18-11-9-15-10-12-19(22-3)17-8-6-7-16(18)20(15)17/h10,12,16,18H,4-9,11,13-14H2,1-3H3. The quantitative estimate of drug-likeness (QED) is 0.764. The Morgan fingerprint density at radius 2 is 1.86 bits per heavy atom. The van der Waals surface area contributed by atoms with Crippen LogP contribution in [0.4, 0.5) is 0 Å². The lowest BCUT2D eigenvalue weighted by molar-refractivity contribution is 0.145. The highest BCUT2D eigenvalue weighted by molar-refractivity contribution is 5.50. The smallest absolute Gasteiger partial charge is 0.122 e. The number of benzene rings is 1. The summed E-state index contributed by atoms with van der Waals surface area (Å²) < 4.78 is 5.66. The van der Waals surface area contributed by atoms with Crippen molar-refractivity contribution in [1.82, 2.24) is 4.90 Å². The molecular weight excluding hydrogens is 270 g/mol. The van der Waals surface area contributed by atoms with Crippen LogP contribution in [0.2, 0.25) is 0 Å². The van der Waals surface area contributed by atoms with Crippen molar-refractivity contribution >= 4 is 0 Å². The van der Waals surface area contributed by atoms with Gasteiger partial charge in [0.05, 0.1) is 7.11 Å². The van der Waals surface area contributed by atoms with Crippen molar-refractivity contribution in [2.75, 3.05) is 20.2 Å². The summed E-state index contributed by atoms with van der Waals surface area (Å²) in [6.07, 6.45) is 9.00. The lowest BCUT2D eigenvalue weighted by Crippen LogP contribution is -2.44. The molecule has 0 aromatic heterocycles. The van der Waals surface area contributed by atoms with Crippen LogP contribution in [0.15, 0.2) is 12.1 Å². The first-order valence-corrected chi connectivity index (χ1v) is 9.22. The number of nitrogens with zero attached hydrogens (tertiary/aromatic N) is 1. The largest absolute Gasteiger partial charge is 0.496 e. The van der Waals surface area contributed by atoms with Gasteiger partial charge in [0.25, 0.3) is 0 Å². The maximum Gasteiger partial charge on any atom is 0.122 e. The molecule has 122 valence electrons. The van der Waals surface area contributed by atoms with E-state index in [1.165, 1.54) is 63.6 Å². The normalized spacial score (nSPS) is 23.5. The second-order valence-electron chi connectivity index (χ2n) is 6.96. The summed E-state index contributed by atoms with van der Waals surface area (Å²) >= 11 is 0. The molecule has 1 aromatic carbocycles. The first kappa shape index (κ1) is 15.9. The Hall–Kier alpha value is -1.02. The summed E-state index contributed by atoms with van der Waals surface area (Å²) in [5.74, 6) is 1.86. The van der Waals surface area contributed by atoms with Crippen molar-refractivity contribution < 1.29 is 4.74 Å². The Morgan fingerprint density at radius 3 is 2.55 bits per heavy atom. The van der Waals surface area contributed by atoms with E-state index in [-0.39, 0.29) is 0 Å². The van der Waals surface area contributed by atoms with Crippen LogP contribution in [0.1, 0.15) is 68.6 Å². The fourth-order valence-corrected chi connectivity index (χ4v) is 4.81. The molecule has 0 saturated carbocycles. The summed E-state index contributed by atoms with van der Waals surface area (Å²) in [5.41, 5.74) is 4.79. The van der Waals surface area contributed by atoms with E-state index < -0.39 is 0 Å². The zero-order chi connectivity index (χ0) is 15.5. The predicted molar refractivity (Wildman–Crippen MR) is 92.9 cm³/mol. The number of aryl methyl sites for hydroxylation is 1. The highest BCUT2D eigenvalue weighted by Crippen LogP contribution is 2.46. The number of hydrogen-bond acceptors (Lipinski definition) is 2. The third-order valence-corrected chi connectivity index (χ3v) is 5.60. The SMILES string of the molecule is CCCN(CCC)C1CCc2ccc(OC)c3c2C1CCC3. The van der Waals surface area contributed by atoms with Gasteiger partial charge in [0.1, 0.15) is 5.75 Å². The number of hydrogen-bond donors (Lipinski definition) is 0. The lowest BCUT2D eigenvalue weighted by Gasteiger charge is -2.44. The molecule has 0 spiro atoms. The second kappa shape index (κ2) is 7.04. The van der Waals surface area contributed by atoms with Gasteiger partial charge in [-0.25, -0.2) is 0 Å². The van der Waals surface area contributed by atoms with E-state index in [9.17, 15) is 0 Å². The minimum absolute atomic E-state index is 0.737. The summed E-state index contributed by atoms with van der Waals surface area (Å²) in [6.45, 7) is 7.14. The van der Waals surface area contributed by atoms with Gasteiger partial charge in [-0.3, -0.25) is 4.90 Å². The van der Waals surface area contributed by atoms with Crippen LogP contribution < -0.4 is 4.74 Å². The fourth-order valence-electron chi connectivity index (χ4n) is 4.81. The van der Waals surface area contributed by atoms with E-state index >= 15 is 0 Å². The van der Waals surface area contributed by atoms with Crippen molar-refractivity contribution in [1.29, 1.82) is 0 Å². The molecule has 2 aliphatic rings. The third-order valence-electron chi connectivity index (χ3n) is 5.60. The van der Waals surface area contributed by atoms with Crippen LogP contribution in [0, 0.1) is 0 Å². The summed E-state index contributed by atoms with van der Waals surface area (Å²) in [7, 11) is 1.82. The van der Waals surface area contributed by atoms with Crippen LogP contribution in [0.5, 0.6) is 5.75 Å². The average molecular weight is 301 g/mol. The molecule has 0 amide bonds. The molecule has 2 nitrogen and oxygen atoms in total. The topological polar surface area (TPSA) is 12.5 Å². The van der Waals surface area contributed by atoms with Gasteiger partial charge >= 0.3 is 0 Å². The van der Waals surface area contributed by atoms with Gasteiger partial charge in [-0.15, -0.1) is 0 Å². The third kappa shape index (κ3) is 2.78. The predicted octanol–water partition coefficient (Wildman–Crippen LogP) is 4.55. The van der Waals surface area contributed by atoms with Crippen molar-refractivity contribution in [3.05, 3.63) is 28.8 Å². The first-order valence-electron chi connectivity index (χ1n) is 9.22. The summed E-state index contributed by atoms with van der Waals surface area (Å²) in [5, 5.41) is 0. The molecule has 2 heteroatoms. The average Bonchev–Trinajstić information content (AvgIpc) is 2.56. The molecule has 0 bridgehead atoms. The molecule has 0 heterocycles. The minimum atomic E-state index is 0.737. The second-order valence-corrected chi connectivity index (χ2v) is 6.96. The molecule has 3 rings (SSSR count). The molecule has 2 aliphatic carbocycles. The highest BCUT2D eigenvalue weighted by atomic mass is 16.5.